The number of benzene rings is 2. The topological polar surface area (TPSA) is 105 Å². The Labute approximate surface area is 164 Å². The number of fused-ring (bicyclic) bond motifs is 1. The molecule has 0 aliphatic carbocycles. The molecule has 1 amide bonds. The molecular weight excluding hydrogens is 380 g/mol. The highest BCUT2D eigenvalue weighted by Gasteiger charge is 2.14. The lowest BCUT2D eigenvalue weighted by Crippen LogP contribution is -2.29. The highest BCUT2D eigenvalue weighted by molar-refractivity contribution is 6.30. The van der Waals surface area contributed by atoms with Gasteiger partial charge in [-0.2, -0.15) is 5.10 Å². The molecule has 3 N–H and O–H groups in total. The summed E-state index contributed by atoms with van der Waals surface area (Å²) in [6.07, 6.45) is 3.00. The van der Waals surface area contributed by atoms with Gasteiger partial charge in [0.1, 0.15) is 12.1 Å². The standard InChI is InChI=1S/C19H15ClN6O2/c1-11-2-5-13(20)8-16(11)26-18-15(9-23-26)17(21-10-22-18)24-25-19(28)12-3-6-14(27)7-4-12/h2-10,27H,1H3,(H,25,28)(H,21,22,24). The Kier molecular flexibility index (Phi) is 4.54. The minimum absolute atomic E-state index is 0.0886. The predicted molar refractivity (Wildman–Crippen MR) is 106 cm³/mol. The molecule has 0 fully saturated rings. The summed E-state index contributed by atoms with van der Waals surface area (Å²) in [4.78, 5) is 20.7. The smallest absolute Gasteiger partial charge is 0.269 e. The Bertz CT molecular complexity index is 1170. The summed E-state index contributed by atoms with van der Waals surface area (Å²) in [6.45, 7) is 1.96. The number of carbonyl (C=O) groups excluding carboxylic acids is 1. The van der Waals surface area contributed by atoms with Crippen LogP contribution in [0.15, 0.2) is 55.0 Å². The summed E-state index contributed by atoms with van der Waals surface area (Å²) in [6, 6.07) is 11.4. The second kappa shape index (κ2) is 7.16. The molecule has 2 heterocycles. The van der Waals surface area contributed by atoms with Crippen molar-refractivity contribution in [3.05, 3.63) is 71.1 Å². The van der Waals surface area contributed by atoms with Crippen molar-refractivity contribution in [3.63, 3.8) is 0 Å². The fraction of sp³-hybridized carbons (Fsp3) is 0.0526. The van der Waals surface area contributed by atoms with E-state index in [2.05, 4.69) is 25.9 Å². The Morgan fingerprint density at radius 3 is 2.71 bits per heavy atom. The van der Waals surface area contributed by atoms with Crippen LogP contribution in [0.4, 0.5) is 5.82 Å². The largest absolute Gasteiger partial charge is 0.508 e. The zero-order chi connectivity index (χ0) is 19.7. The molecule has 0 saturated carbocycles. The number of amides is 1. The Hall–Kier alpha value is -3.65. The lowest BCUT2D eigenvalue weighted by molar-refractivity contribution is 0.0962. The first-order valence-corrected chi connectivity index (χ1v) is 8.71. The molecule has 2 aromatic heterocycles. The SMILES string of the molecule is Cc1ccc(Cl)cc1-n1ncc2c(NNC(=O)c3ccc(O)cc3)ncnc21. The van der Waals surface area contributed by atoms with E-state index in [9.17, 15) is 9.90 Å². The minimum Gasteiger partial charge on any atom is -0.508 e. The summed E-state index contributed by atoms with van der Waals surface area (Å²) >= 11 is 6.12. The van der Waals surface area contributed by atoms with Crippen molar-refractivity contribution in [1.29, 1.82) is 0 Å². The van der Waals surface area contributed by atoms with E-state index in [0.29, 0.717) is 27.4 Å². The van der Waals surface area contributed by atoms with Crippen LogP contribution in [0.3, 0.4) is 0 Å². The van der Waals surface area contributed by atoms with Crippen LogP contribution >= 0.6 is 11.6 Å². The fourth-order valence-corrected chi connectivity index (χ4v) is 2.90. The molecule has 28 heavy (non-hydrogen) atoms. The van der Waals surface area contributed by atoms with Gasteiger partial charge in [-0.3, -0.25) is 15.6 Å². The molecular formula is C19H15ClN6O2. The van der Waals surface area contributed by atoms with E-state index in [0.717, 1.165) is 11.3 Å². The van der Waals surface area contributed by atoms with Gasteiger partial charge in [-0.15, -0.1) is 0 Å². The lowest BCUT2D eigenvalue weighted by Gasteiger charge is -2.10. The first-order valence-electron chi connectivity index (χ1n) is 8.33. The number of nitrogens with one attached hydrogen (secondary N) is 2. The zero-order valence-electron chi connectivity index (χ0n) is 14.7. The van der Waals surface area contributed by atoms with Crippen LogP contribution < -0.4 is 10.9 Å². The summed E-state index contributed by atoms with van der Waals surface area (Å²) in [5, 5.41) is 14.9. The molecule has 0 radical (unpaired) electrons. The molecule has 0 bridgehead atoms. The summed E-state index contributed by atoms with van der Waals surface area (Å²) in [5.41, 5.74) is 8.13. The summed E-state index contributed by atoms with van der Waals surface area (Å²) in [7, 11) is 0. The minimum atomic E-state index is -0.371. The molecule has 9 heteroatoms. The monoisotopic (exact) mass is 394 g/mol. The zero-order valence-corrected chi connectivity index (χ0v) is 15.5. The Morgan fingerprint density at radius 2 is 1.93 bits per heavy atom. The summed E-state index contributed by atoms with van der Waals surface area (Å²) < 4.78 is 1.67. The number of halogens is 1. The number of carbonyl (C=O) groups is 1. The van der Waals surface area contributed by atoms with Crippen LogP contribution in [0.25, 0.3) is 16.7 Å². The van der Waals surface area contributed by atoms with Crippen molar-refractivity contribution in [2.24, 2.45) is 0 Å². The van der Waals surface area contributed by atoms with Gasteiger partial charge >= 0.3 is 0 Å². The van der Waals surface area contributed by atoms with Gasteiger partial charge in [-0.1, -0.05) is 17.7 Å². The van der Waals surface area contributed by atoms with Gasteiger partial charge in [0.2, 0.25) is 0 Å². The van der Waals surface area contributed by atoms with Crippen LogP contribution in [0, 0.1) is 6.92 Å². The van der Waals surface area contributed by atoms with E-state index >= 15 is 0 Å². The van der Waals surface area contributed by atoms with Gasteiger partial charge in [0.15, 0.2) is 11.5 Å². The number of nitrogens with zero attached hydrogens (tertiary/aromatic N) is 4. The van der Waals surface area contributed by atoms with Crippen molar-refractivity contribution in [1.82, 2.24) is 25.2 Å². The second-order valence-corrected chi connectivity index (χ2v) is 6.51. The maximum Gasteiger partial charge on any atom is 0.269 e. The molecule has 2 aromatic carbocycles. The van der Waals surface area contributed by atoms with Crippen molar-refractivity contribution >= 4 is 34.4 Å². The maximum atomic E-state index is 12.2. The van der Waals surface area contributed by atoms with Gasteiger partial charge in [0.25, 0.3) is 5.91 Å². The van der Waals surface area contributed by atoms with Gasteiger partial charge in [0.05, 0.1) is 17.3 Å². The van der Waals surface area contributed by atoms with Gasteiger partial charge < -0.3 is 5.11 Å². The van der Waals surface area contributed by atoms with Gasteiger partial charge in [0, 0.05) is 10.6 Å². The number of aromatic nitrogens is 4. The Morgan fingerprint density at radius 1 is 1.14 bits per heavy atom. The molecule has 4 aromatic rings. The van der Waals surface area contributed by atoms with E-state index in [-0.39, 0.29) is 11.7 Å². The molecule has 0 aliphatic rings. The van der Waals surface area contributed by atoms with Crippen molar-refractivity contribution < 1.29 is 9.90 Å². The van der Waals surface area contributed by atoms with E-state index < -0.39 is 0 Å². The second-order valence-electron chi connectivity index (χ2n) is 6.07. The first-order chi connectivity index (χ1) is 13.5. The maximum absolute atomic E-state index is 12.2. The third-order valence-electron chi connectivity index (χ3n) is 4.19. The Balaban J connectivity index is 1.62. The molecule has 140 valence electrons. The number of hydrogen-bond acceptors (Lipinski definition) is 6. The number of phenolic OH excluding ortho intramolecular Hbond substituents is 1. The average molecular weight is 395 g/mol. The van der Waals surface area contributed by atoms with Gasteiger partial charge in [-0.25, -0.2) is 14.6 Å². The molecule has 0 saturated heterocycles. The molecule has 0 atom stereocenters. The molecule has 8 nitrogen and oxygen atoms in total. The van der Waals surface area contributed by atoms with E-state index in [1.165, 1.54) is 30.6 Å². The van der Waals surface area contributed by atoms with E-state index in [1.54, 1.807) is 10.9 Å². The van der Waals surface area contributed by atoms with Crippen LogP contribution in [0.2, 0.25) is 5.02 Å². The number of anilines is 1. The number of rotatable bonds is 4. The van der Waals surface area contributed by atoms with Crippen molar-refractivity contribution in [2.45, 2.75) is 6.92 Å². The van der Waals surface area contributed by atoms with E-state index in [1.807, 2.05) is 25.1 Å². The lowest BCUT2D eigenvalue weighted by atomic mass is 10.2. The van der Waals surface area contributed by atoms with Crippen LogP contribution in [-0.4, -0.2) is 30.8 Å². The van der Waals surface area contributed by atoms with E-state index in [4.69, 9.17) is 11.6 Å². The molecule has 4 rings (SSSR count). The fourth-order valence-electron chi connectivity index (χ4n) is 2.73. The number of phenols is 1. The number of hydrazine groups is 1. The number of aryl methyl sites for hydroxylation is 1. The van der Waals surface area contributed by atoms with Crippen LogP contribution in [0.5, 0.6) is 5.75 Å². The summed E-state index contributed by atoms with van der Waals surface area (Å²) in [5.74, 6) is 0.124. The molecule has 0 spiro atoms. The third-order valence-corrected chi connectivity index (χ3v) is 4.42. The van der Waals surface area contributed by atoms with Gasteiger partial charge in [-0.05, 0) is 48.9 Å². The number of hydrogen-bond donors (Lipinski definition) is 3. The van der Waals surface area contributed by atoms with Crippen LogP contribution in [-0.2, 0) is 0 Å². The molecule has 0 unspecified atom stereocenters. The highest BCUT2D eigenvalue weighted by Crippen LogP contribution is 2.25. The first kappa shape index (κ1) is 17.7. The quantitative estimate of drug-likeness (QED) is 0.459. The molecule has 0 aliphatic heterocycles. The average Bonchev–Trinajstić information content (AvgIpc) is 3.13. The van der Waals surface area contributed by atoms with Crippen molar-refractivity contribution in [2.75, 3.05) is 5.43 Å². The van der Waals surface area contributed by atoms with Crippen molar-refractivity contribution in [3.8, 4) is 11.4 Å². The normalized spacial score (nSPS) is 10.8. The third kappa shape index (κ3) is 3.33. The number of aromatic hydroxyl groups is 1. The predicted octanol–water partition coefficient (Wildman–Crippen LogP) is 3.24. The van der Waals surface area contributed by atoms with Crippen LogP contribution in [0.1, 0.15) is 15.9 Å². The highest BCUT2D eigenvalue weighted by atomic mass is 35.5.